The van der Waals surface area contributed by atoms with Crippen LogP contribution in [-0.2, 0) is 4.74 Å². The highest BCUT2D eigenvalue weighted by Crippen LogP contribution is 2.14. The molecule has 0 bridgehead atoms. The number of carbonyl (C=O) groups excluding carboxylic acids is 1. The van der Waals surface area contributed by atoms with Gasteiger partial charge in [0.15, 0.2) is 5.78 Å². The third kappa shape index (κ3) is 3.03. The molecule has 2 heterocycles. The summed E-state index contributed by atoms with van der Waals surface area (Å²) in [4.78, 5) is 18.8. The molecule has 1 aromatic heterocycles. The monoisotopic (exact) mass is 270 g/mol. The van der Waals surface area contributed by atoms with Crippen molar-refractivity contribution in [1.29, 1.82) is 0 Å². The van der Waals surface area contributed by atoms with Crippen LogP contribution >= 0.6 is 0 Å². The molecular formula is C16H18N2O2. The lowest BCUT2D eigenvalue weighted by molar-refractivity contribution is 0.0370. The molecule has 104 valence electrons. The lowest BCUT2D eigenvalue weighted by atomic mass is 10.1. The van der Waals surface area contributed by atoms with Gasteiger partial charge < -0.3 is 4.74 Å². The zero-order valence-corrected chi connectivity index (χ0v) is 11.4. The van der Waals surface area contributed by atoms with Crippen LogP contribution in [0.4, 0.5) is 0 Å². The van der Waals surface area contributed by atoms with Crippen LogP contribution in [0.25, 0.3) is 10.9 Å². The maximum absolute atomic E-state index is 12.2. The molecule has 0 N–H and O–H groups in total. The van der Waals surface area contributed by atoms with E-state index in [1.807, 2.05) is 30.3 Å². The Kier molecular flexibility index (Phi) is 4.04. The number of Topliss-reactive ketones (excluding diaryl/α,β-unsaturated/α-hetero) is 1. The predicted molar refractivity (Wildman–Crippen MR) is 77.9 cm³/mol. The number of ketones is 1. The molecule has 1 aliphatic rings. The van der Waals surface area contributed by atoms with Gasteiger partial charge in [-0.05, 0) is 12.1 Å². The third-order valence-corrected chi connectivity index (χ3v) is 3.67. The zero-order valence-electron chi connectivity index (χ0n) is 11.4. The molecule has 0 radical (unpaired) electrons. The summed E-state index contributed by atoms with van der Waals surface area (Å²) < 4.78 is 5.30. The Hall–Kier alpha value is -1.78. The van der Waals surface area contributed by atoms with Crippen molar-refractivity contribution < 1.29 is 9.53 Å². The number of fused-ring (bicyclic) bond motifs is 1. The van der Waals surface area contributed by atoms with E-state index in [2.05, 4.69) is 9.88 Å². The molecule has 0 unspecified atom stereocenters. The molecule has 4 nitrogen and oxygen atoms in total. The molecule has 0 atom stereocenters. The highest BCUT2D eigenvalue weighted by atomic mass is 16.5. The Morgan fingerprint density at radius 1 is 1.25 bits per heavy atom. The molecule has 1 fully saturated rings. The van der Waals surface area contributed by atoms with E-state index in [0.717, 1.165) is 43.8 Å². The summed E-state index contributed by atoms with van der Waals surface area (Å²) in [5.41, 5.74) is 1.63. The highest BCUT2D eigenvalue weighted by molar-refractivity contribution is 5.98. The summed E-state index contributed by atoms with van der Waals surface area (Å²) in [5, 5.41) is 1.02. The lowest BCUT2D eigenvalue weighted by Crippen LogP contribution is -2.37. The fourth-order valence-electron chi connectivity index (χ4n) is 2.45. The first-order valence-corrected chi connectivity index (χ1v) is 7.01. The van der Waals surface area contributed by atoms with Crippen LogP contribution < -0.4 is 0 Å². The maximum atomic E-state index is 12.2. The van der Waals surface area contributed by atoms with Crippen LogP contribution in [0.5, 0.6) is 0 Å². The van der Waals surface area contributed by atoms with Crippen LogP contribution in [0.15, 0.2) is 36.5 Å². The second-order valence-corrected chi connectivity index (χ2v) is 5.04. The lowest BCUT2D eigenvalue weighted by Gasteiger charge is -2.26. The second-order valence-electron chi connectivity index (χ2n) is 5.04. The van der Waals surface area contributed by atoms with Crippen molar-refractivity contribution in [2.24, 2.45) is 0 Å². The van der Waals surface area contributed by atoms with Gasteiger partial charge in [0.2, 0.25) is 0 Å². The van der Waals surface area contributed by atoms with E-state index in [1.165, 1.54) is 0 Å². The number of pyridine rings is 1. The van der Waals surface area contributed by atoms with Gasteiger partial charge in [-0.1, -0.05) is 18.2 Å². The molecule has 20 heavy (non-hydrogen) atoms. The number of rotatable bonds is 4. The minimum absolute atomic E-state index is 0.162. The zero-order chi connectivity index (χ0) is 13.8. The van der Waals surface area contributed by atoms with E-state index in [9.17, 15) is 4.79 Å². The number of ether oxygens (including phenoxy) is 1. The molecule has 0 aliphatic carbocycles. The second kappa shape index (κ2) is 6.11. The van der Waals surface area contributed by atoms with Crippen molar-refractivity contribution in [1.82, 2.24) is 9.88 Å². The predicted octanol–water partition coefficient (Wildman–Crippen LogP) is 2.14. The maximum Gasteiger partial charge on any atom is 0.165 e. The fourth-order valence-corrected chi connectivity index (χ4v) is 2.45. The van der Waals surface area contributed by atoms with E-state index in [-0.39, 0.29) is 5.78 Å². The largest absolute Gasteiger partial charge is 0.379 e. The van der Waals surface area contributed by atoms with Crippen molar-refractivity contribution in [3.05, 3.63) is 42.1 Å². The van der Waals surface area contributed by atoms with E-state index >= 15 is 0 Å². The Labute approximate surface area is 118 Å². The highest BCUT2D eigenvalue weighted by Gasteiger charge is 2.13. The van der Waals surface area contributed by atoms with Crippen molar-refractivity contribution in [3.63, 3.8) is 0 Å². The molecule has 2 aromatic rings. The molecular weight excluding hydrogens is 252 g/mol. The summed E-state index contributed by atoms with van der Waals surface area (Å²) in [6.07, 6.45) is 2.23. The number of nitrogens with zero attached hydrogens (tertiary/aromatic N) is 2. The Balaban J connectivity index is 1.65. The smallest absolute Gasteiger partial charge is 0.165 e. The molecule has 1 aromatic carbocycles. The van der Waals surface area contributed by atoms with Crippen LogP contribution in [0.2, 0.25) is 0 Å². The van der Waals surface area contributed by atoms with Gasteiger partial charge in [-0.25, -0.2) is 0 Å². The van der Waals surface area contributed by atoms with Gasteiger partial charge >= 0.3 is 0 Å². The number of hydrogen-bond acceptors (Lipinski definition) is 4. The van der Waals surface area contributed by atoms with E-state index in [0.29, 0.717) is 12.0 Å². The first-order valence-electron chi connectivity index (χ1n) is 7.01. The SMILES string of the molecule is O=C(CCN1CCOCC1)c1cnc2ccccc2c1. The fraction of sp³-hybridized carbons (Fsp3) is 0.375. The number of para-hydroxylation sites is 1. The van der Waals surface area contributed by atoms with Crippen molar-refractivity contribution in [3.8, 4) is 0 Å². The van der Waals surface area contributed by atoms with Crippen molar-refractivity contribution >= 4 is 16.7 Å². The minimum Gasteiger partial charge on any atom is -0.379 e. The molecule has 0 saturated carbocycles. The number of benzene rings is 1. The number of aromatic nitrogens is 1. The standard InChI is InChI=1S/C16H18N2O2/c19-16(5-6-18-7-9-20-10-8-18)14-11-13-3-1-2-4-15(13)17-12-14/h1-4,11-12H,5-10H2. The average molecular weight is 270 g/mol. The summed E-state index contributed by atoms with van der Waals surface area (Å²) >= 11 is 0. The number of hydrogen-bond donors (Lipinski definition) is 0. The Morgan fingerprint density at radius 2 is 2.05 bits per heavy atom. The third-order valence-electron chi connectivity index (χ3n) is 3.67. The minimum atomic E-state index is 0.162. The van der Waals surface area contributed by atoms with Gasteiger partial charge in [0.1, 0.15) is 0 Å². The topological polar surface area (TPSA) is 42.4 Å². The summed E-state index contributed by atoms with van der Waals surface area (Å²) in [7, 11) is 0. The number of morpholine rings is 1. The van der Waals surface area contributed by atoms with Crippen LogP contribution in [0.1, 0.15) is 16.8 Å². The molecule has 0 spiro atoms. The Bertz CT molecular complexity index is 606. The molecule has 0 amide bonds. The average Bonchev–Trinajstić information content (AvgIpc) is 2.53. The van der Waals surface area contributed by atoms with Gasteiger partial charge in [0.25, 0.3) is 0 Å². The molecule has 3 rings (SSSR count). The van der Waals surface area contributed by atoms with Crippen molar-refractivity contribution in [2.45, 2.75) is 6.42 Å². The summed E-state index contributed by atoms with van der Waals surface area (Å²) in [5.74, 6) is 0.162. The first kappa shape index (κ1) is 13.2. The quantitative estimate of drug-likeness (QED) is 0.798. The Morgan fingerprint density at radius 3 is 2.90 bits per heavy atom. The normalized spacial score (nSPS) is 16.4. The van der Waals surface area contributed by atoms with E-state index < -0.39 is 0 Å². The van der Waals surface area contributed by atoms with Gasteiger partial charge in [0.05, 0.1) is 18.7 Å². The molecule has 4 heteroatoms. The first-order chi connectivity index (χ1) is 9.83. The van der Waals surface area contributed by atoms with Gasteiger partial charge in [-0.15, -0.1) is 0 Å². The summed E-state index contributed by atoms with van der Waals surface area (Å²) in [6.45, 7) is 4.18. The summed E-state index contributed by atoms with van der Waals surface area (Å²) in [6, 6.07) is 9.80. The van der Waals surface area contributed by atoms with Gasteiger partial charge in [-0.3, -0.25) is 14.7 Å². The molecule has 1 saturated heterocycles. The van der Waals surface area contributed by atoms with Crippen molar-refractivity contribution in [2.75, 3.05) is 32.8 Å². The van der Waals surface area contributed by atoms with E-state index in [1.54, 1.807) is 6.20 Å². The van der Waals surface area contributed by atoms with Crippen LogP contribution in [-0.4, -0.2) is 48.5 Å². The van der Waals surface area contributed by atoms with Gasteiger partial charge in [-0.2, -0.15) is 0 Å². The van der Waals surface area contributed by atoms with Gasteiger partial charge in [0, 0.05) is 43.2 Å². The molecule has 1 aliphatic heterocycles. The van der Waals surface area contributed by atoms with Crippen LogP contribution in [0.3, 0.4) is 0 Å². The number of carbonyl (C=O) groups is 1. The van der Waals surface area contributed by atoms with E-state index in [4.69, 9.17) is 4.74 Å². The van der Waals surface area contributed by atoms with Crippen LogP contribution in [0, 0.1) is 0 Å².